The van der Waals surface area contributed by atoms with E-state index >= 15 is 0 Å². The third-order valence-electron chi connectivity index (χ3n) is 1.05. The molecule has 3 heteroatoms. The standard InChI is InChI=1S/C5H9N3/c1-8-4-5(2-6)3-7-8/h3-4H,2,6H2,1H3/p+1. The Labute approximate surface area is 48.1 Å². The topological polar surface area (TPSA) is 45.5 Å². The number of aryl methyl sites for hydroxylation is 1. The third-order valence-corrected chi connectivity index (χ3v) is 1.05. The zero-order chi connectivity index (χ0) is 5.98. The van der Waals surface area contributed by atoms with Crippen LogP contribution in [0.3, 0.4) is 0 Å². The fraction of sp³-hybridized carbons (Fsp3) is 0.400. The van der Waals surface area contributed by atoms with Crippen LogP contribution in [0.15, 0.2) is 12.4 Å². The van der Waals surface area contributed by atoms with Crippen molar-refractivity contribution in [2.75, 3.05) is 0 Å². The Hall–Kier alpha value is -0.830. The van der Waals surface area contributed by atoms with E-state index in [0.717, 1.165) is 6.54 Å². The fourth-order valence-electron chi connectivity index (χ4n) is 0.601. The number of nitrogens with zero attached hydrogens (tertiary/aromatic N) is 2. The highest BCUT2D eigenvalue weighted by Gasteiger charge is 1.90. The molecule has 44 valence electrons. The van der Waals surface area contributed by atoms with Crippen LogP contribution in [0.1, 0.15) is 5.56 Å². The van der Waals surface area contributed by atoms with Crippen molar-refractivity contribution >= 4 is 0 Å². The van der Waals surface area contributed by atoms with Gasteiger partial charge in [-0.25, -0.2) is 0 Å². The molecule has 0 saturated heterocycles. The highest BCUT2D eigenvalue weighted by atomic mass is 15.2. The van der Waals surface area contributed by atoms with Gasteiger partial charge in [0, 0.05) is 18.8 Å². The first kappa shape index (κ1) is 5.31. The second-order valence-electron chi connectivity index (χ2n) is 1.77. The third kappa shape index (κ3) is 0.869. The smallest absolute Gasteiger partial charge is 0.103 e. The summed E-state index contributed by atoms with van der Waals surface area (Å²) in [7, 11) is 1.90. The molecular weight excluding hydrogens is 102 g/mol. The maximum Gasteiger partial charge on any atom is 0.103 e. The summed E-state index contributed by atoms with van der Waals surface area (Å²) < 4.78 is 1.78. The summed E-state index contributed by atoms with van der Waals surface area (Å²) in [6.07, 6.45) is 3.79. The molecule has 1 aromatic heterocycles. The van der Waals surface area contributed by atoms with Gasteiger partial charge in [0.15, 0.2) is 0 Å². The SMILES string of the molecule is Cn1cc(C[NH3+])cn1. The van der Waals surface area contributed by atoms with Gasteiger partial charge in [-0.1, -0.05) is 0 Å². The Balaban J connectivity index is 2.84. The zero-order valence-corrected chi connectivity index (χ0v) is 4.96. The average Bonchev–Trinajstić information content (AvgIpc) is 2.14. The lowest BCUT2D eigenvalue weighted by Crippen LogP contribution is -2.47. The van der Waals surface area contributed by atoms with E-state index in [-0.39, 0.29) is 0 Å². The van der Waals surface area contributed by atoms with Crippen LogP contribution in [0.25, 0.3) is 0 Å². The Morgan fingerprint density at radius 3 is 2.88 bits per heavy atom. The first-order valence-electron chi connectivity index (χ1n) is 2.59. The van der Waals surface area contributed by atoms with E-state index < -0.39 is 0 Å². The van der Waals surface area contributed by atoms with Crippen molar-refractivity contribution in [3.63, 3.8) is 0 Å². The maximum atomic E-state index is 3.96. The van der Waals surface area contributed by atoms with E-state index in [1.54, 1.807) is 4.68 Å². The van der Waals surface area contributed by atoms with Gasteiger partial charge >= 0.3 is 0 Å². The molecule has 0 aliphatic heterocycles. The fourth-order valence-corrected chi connectivity index (χ4v) is 0.601. The molecule has 0 amide bonds. The first-order chi connectivity index (χ1) is 3.83. The zero-order valence-electron chi connectivity index (χ0n) is 4.96. The predicted octanol–water partition coefficient (Wildman–Crippen LogP) is -0.838. The van der Waals surface area contributed by atoms with Crippen molar-refractivity contribution in [3.8, 4) is 0 Å². The van der Waals surface area contributed by atoms with Crippen LogP contribution in [0.5, 0.6) is 0 Å². The summed E-state index contributed by atoms with van der Waals surface area (Å²) in [5.41, 5.74) is 4.90. The van der Waals surface area contributed by atoms with Crippen LogP contribution >= 0.6 is 0 Å². The van der Waals surface area contributed by atoms with Gasteiger partial charge in [-0.3, -0.25) is 4.68 Å². The molecule has 1 aromatic rings. The number of rotatable bonds is 1. The number of hydrogen-bond donors (Lipinski definition) is 1. The molecule has 0 bridgehead atoms. The van der Waals surface area contributed by atoms with E-state index in [4.69, 9.17) is 0 Å². The molecule has 0 fully saturated rings. The summed E-state index contributed by atoms with van der Waals surface area (Å²) in [5, 5.41) is 3.96. The predicted molar refractivity (Wildman–Crippen MR) is 29.8 cm³/mol. The summed E-state index contributed by atoms with van der Waals surface area (Å²) in [6, 6.07) is 0. The monoisotopic (exact) mass is 112 g/mol. The van der Waals surface area contributed by atoms with E-state index in [1.807, 2.05) is 19.4 Å². The van der Waals surface area contributed by atoms with Crippen molar-refractivity contribution in [1.82, 2.24) is 9.78 Å². The lowest BCUT2D eigenvalue weighted by molar-refractivity contribution is -0.386. The molecule has 0 aliphatic rings. The van der Waals surface area contributed by atoms with Gasteiger partial charge in [-0.15, -0.1) is 0 Å². The van der Waals surface area contributed by atoms with Crippen molar-refractivity contribution in [2.24, 2.45) is 7.05 Å². The lowest BCUT2D eigenvalue weighted by Gasteiger charge is -1.80. The van der Waals surface area contributed by atoms with Crippen LogP contribution in [0.4, 0.5) is 0 Å². The number of hydrogen-bond acceptors (Lipinski definition) is 1. The Kier molecular flexibility index (Phi) is 1.30. The molecule has 3 N–H and O–H groups in total. The molecule has 0 radical (unpaired) electrons. The van der Waals surface area contributed by atoms with Crippen LogP contribution in [0.2, 0.25) is 0 Å². The van der Waals surface area contributed by atoms with E-state index in [2.05, 4.69) is 10.8 Å². The second kappa shape index (κ2) is 1.96. The number of quaternary nitrogens is 1. The highest BCUT2D eigenvalue weighted by molar-refractivity contribution is 5.00. The summed E-state index contributed by atoms with van der Waals surface area (Å²) in [6.45, 7) is 0.827. The minimum Gasteiger partial charge on any atom is -0.354 e. The Morgan fingerprint density at radius 2 is 2.62 bits per heavy atom. The normalized spacial score (nSPS) is 9.75. The molecule has 0 saturated carbocycles. The molecule has 1 heterocycles. The minimum absolute atomic E-state index is 0.827. The van der Waals surface area contributed by atoms with Crippen molar-refractivity contribution in [3.05, 3.63) is 18.0 Å². The van der Waals surface area contributed by atoms with Crippen molar-refractivity contribution in [2.45, 2.75) is 6.54 Å². The molecule has 0 unspecified atom stereocenters. The lowest BCUT2D eigenvalue weighted by atomic mass is 10.4. The van der Waals surface area contributed by atoms with Crippen LogP contribution < -0.4 is 5.73 Å². The summed E-state index contributed by atoms with van der Waals surface area (Å²) in [4.78, 5) is 0. The van der Waals surface area contributed by atoms with Crippen molar-refractivity contribution < 1.29 is 5.73 Å². The van der Waals surface area contributed by atoms with Crippen molar-refractivity contribution in [1.29, 1.82) is 0 Å². The highest BCUT2D eigenvalue weighted by Crippen LogP contribution is 1.90. The van der Waals surface area contributed by atoms with E-state index in [0.29, 0.717) is 0 Å². The van der Waals surface area contributed by atoms with Gasteiger partial charge in [0.2, 0.25) is 0 Å². The van der Waals surface area contributed by atoms with E-state index in [1.165, 1.54) is 5.56 Å². The van der Waals surface area contributed by atoms with E-state index in [9.17, 15) is 0 Å². The van der Waals surface area contributed by atoms with Crippen LogP contribution in [-0.2, 0) is 13.6 Å². The van der Waals surface area contributed by atoms with Gasteiger partial charge in [0.25, 0.3) is 0 Å². The molecule has 0 aliphatic carbocycles. The molecular formula is C5H10N3+. The van der Waals surface area contributed by atoms with Gasteiger partial charge in [0.1, 0.15) is 6.54 Å². The Morgan fingerprint density at radius 1 is 1.88 bits per heavy atom. The molecule has 0 aromatic carbocycles. The quantitative estimate of drug-likeness (QED) is 0.506. The largest absolute Gasteiger partial charge is 0.354 e. The van der Waals surface area contributed by atoms with Gasteiger partial charge in [0.05, 0.1) is 6.20 Å². The average molecular weight is 112 g/mol. The van der Waals surface area contributed by atoms with Gasteiger partial charge in [-0.05, 0) is 0 Å². The molecule has 8 heavy (non-hydrogen) atoms. The minimum atomic E-state index is 0.827. The molecule has 0 spiro atoms. The van der Waals surface area contributed by atoms with Crippen LogP contribution in [-0.4, -0.2) is 9.78 Å². The van der Waals surface area contributed by atoms with Crippen LogP contribution in [0, 0.1) is 0 Å². The molecule has 1 rings (SSSR count). The maximum absolute atomic E-state index is 3.96. The molecule has 0 atom stereocenters. The molecule has 3 nitrogen and oxygen atoms in total. The summed E-state index contributed by atoms with van der Waals surface area (Å²) >= 11 is 0. The van der Waals surface area contributed by atoms with Gasteiger partial charge < -0.3 is 5.73 Å². The summed E-state index contributed by atoms with van der Waals surface area (Å²) in [5.74, 6) is 0. The second-order valence-corrected chi connectivity index (χ2v) is 1.77. The number of aromatic nitrogens is 2. The first-order valence-corrected chi connectivity index (χ1v) is 2.59. The Bertz CT molecular complexity index is 168. The van der Waals surface area contributed by atoms with Gasteiger partial charge in [-0.2, -0.15) is 5.10 Å².